The molecular weight excluding hydrogens is 522 g/mol. The first-order chi connectivity index (χ1) is 18.6. The van der Waals surface area contributed by atoms with Crippen LogP contribution in [0, 0.1) is 0 Å². The van der Waals surface area contributed by atoms with Gasteiger partial charge >= 0.3 is 6.55 Å². The van der Waals surface area contributed by atoms with Crippen LogP contribution in [0.4, 0.5) is 14.5 Å². The second-order valence-electron chi connectivity index (χ2n) is 9.33. The summed E-state index contributed by atoms with van der Waals surface area (Å²) in [5, 5.41) is 3.65. The van der Waals surface area contributed by atoms with Gasteiger partial charge in [0, 0.05) is 35.0 Å². The van der Waals surface area contributed by atoms with Gasteiger partial charge in [-0.15, -0.1) is 0 Å². The van der Waals surface area contributed by atoms with Crippen molar-refractivity contribution in [3.05, 3.63) is 96.4 Å². The number of benzene rings is 2. The summed E-state index contributed by atoms with van der Waals surface area (Å²) in [6.07, 6.45) is 3.66. The van der Waals surface area contributed by atoms with Gasteiger partial charge in [-0.1, -0.05) is 60.7 Å². The van der Waals surface area contributed by atoms with Crippen LogP contribution in [0.3, 0.4) is 0 Å². The average Bonchev–Trinajstić information content (AvgIpc) is 3.42. The lowest BCUT2D eigenvalue weighted by Crippen LogP contribution is -2.46. The van der Waals surface area contributed by atoms with Crippen molar-refractivity contribution in [3.8, 4) is 11.3 Å². The van der Waals surface area contributed by atoms with Crippen molar-refractivity contribution in [1.29, 1.82) is 0 Å². The highest BCUT2D eigenvalue weighted by molar-refractivity contribution is 7.89. The molecule has 0 saturated heterocycles. The van der Waals surface area contributed by atoms with Gasteiger partial charge in [-0.3, -0.25) is 4.98 Å². The molecule has 2 unspecified atom stereocenters. The van der Waals surface area contributed by atoms with Crippen LogP contribution in [0.1, 0.15) is 31.5 Å². The number of alkyl halides is 2. The lowest BCUT2D eigenvalue weighted by Gasteiger charge is -2.27. The summed E-state index contributed by atoms with van der Waals surface area (Å²) in [4.78, 5) is 10.9. The van der Waals surface area contributed by atoms with Gasteiger partial charge in [0.1, 0.15) is 4.90 Å². The van der Waals surface area contributed by atoms with Crippen LogP contribution in [-0.2, 0) is 10.0 Å². The number of hydrogen-bond donors (Lipinski definition) is 1. The number of hydrogen-bond acceptors (Lipinski definition) is 6. The van der Waals surface area contributed by atoms with E-state index in [-0.39, 0.29) is 27.9 Å². The molecule has 0 aliphatic rings. The number of pyridine rings is 1. The van der Waals surface area contributed by atoms with Crippen LogP contribution >= 0.6 is 0 Å². The monoisotopic (exact) mass is 552 g/mol. The van der Waals surface area contributed by atoms with E-state index < -0.39 is 22.6 Å². The molecular formula is C28H30F2N6O2S. The Morgan fingerprint density at radius 3 is 2.08 bits per heavy atom. The number of nitrogens with zero attached hydrogens (tertiary/aromatic N) is 5. The van der Waals surface area contributed by atoms with Gasteiger partial charge in [0.15, 0.2) is 0 Å². The first-order valence-electron chi connectivity index (χ1n) is 12.3. The van der Waals surface area contributed by atoms with Crippen molar-refractivity contribution < 1.29 is 17.2 Å². The quantitative estimate of drug-likeness (QED) is 0.276. The first kappa shape index (κ1) is 28.2. The molecule has 0 bridgehead atoms. The third-order valence-electron chi connectivity index (χ3n) is 6.42. The largest absolute Gasteiger partial charge is 0.333 e. The SMILES string of the molecule is CC(NS(=O)(=O)c1cc(N=C(c2ccccc2)c2ccccc2)cnc1-c1cnn(C(F)F)c1)C(C)N(C)C. The van der Waals surface area contributed by atoms with Gasteiger partial charge in [0.25, 0.3) is 0 Å². The Morgan fingerprint density at radius 1 is 0.974 bits per heavy atom. The van der Waals surface area contributed by atoms with Crippen molar-refractivity contribution in [2.75, 3.05) is 14.1 Å². The summed E-state index contributed by atoms with van der Waals surface area (Å²) in [7, 11) is -0.444. The van der Waals surface area contributed by atoms with E-state index in [1.165, 1.54) is 18.5 Å². The van der Waals surface area contributed by atoms with Crippen LogP contribution < -0.4 is 4.72 Å². The van der Waals surface area contributed by atoms with Gasteiger partial charge in [-0.05, 0) is 34.0 Å². The zero-order valence-electron chi connectivity index (χ0n) is 22.0. The number of rotatable bonds is 10. The van der Waals surface area contributed by atoms with E-state index in [9.17, 15) is 17.2 Å². The van der Waals surface area contributed by atoms with E-state index in [0.29, 0.717) is 10.4 Å². The molecule has 4 rings (SSSR count). The summed E-state index contributed by atoms with van der Waals surface area (Å²) >= 11 is 0. The molecule has 1 N–H and O–H groups in total. The molecule has 0 aliphatic heterocycles. The van der Waals surface area contributed by atoms with Gasteiger partial charge in [0.2, 0.25) is 10.0 Å². The molecule has 39 heavy (non-hydrogen) atoms. The van der Waals surface area contributed by atoms with E-state index in [4.69, 9.17) is 4.99 Å². The molecule has 8 nitrogen and oxygen atoms in total. The molecule has 0 radical (unpaired) electrons. The van der Waals surface area contributed by atoms with Crippen molar-refractivity contribution >= 4 is 21.4 Å². The van der Waals surface area contributed by atoms with E-state index in [1.54, 1.807) is 6.92 Å². The van der Waals surface area contributed by atoms with Crippen LogP contribution in [0.2, 0.25) is 0 Å². The summed E-state index contributed by atoms with van der Waals surface area (Å²) in [5.41, 5.74) is 2.73. The number of likely N-dealkylation sites (N-methyl/N-ethyl adjacent to an activating group) is 1. The Labute approximate surface area is 227 Å². The Balaban J connectivity index is 1.87. The lowest BCUT2D eigenvalue weighted by atomic mass is 10.0. The fraction of sp³-hybridized carbons (Fsp3) is 0.250. The second kappa shape index (κ2) is 11.9. The predicted molar refractivity (Wildman–Crippen MR) is 148 cm³/mol. The van der Waals surface area contributed by atoms with Crippen LogP contribution in [0.5, 0.6) is 0 Å². The highest BCUT2D eigenvalue weighted by Gasteiger charge is 2.27. The van der Waals surface area contributed by atoms with Crippen molar-refractivity contribution in [2.45, 2.75) is 37.4 Å². The lowest BCUT2D eigenvalue weighted by molar-refractivity contribution is 0.0566. The minimum absolute atomic E-state index is 0.000900. The van der Waals surface area contributed by atoms with Crippen molar-refractivity contribution in [1.82, 2.24) is 24.4 Å². The Hall–Kier alpha value is -3.80. The van der Waals surface area contributed by atoms with Gasteiger partial charge in [0.05, 0.1) is 29.5 Å². The maximum absolute atomic E-state index is 13.7. The number of nitrogens with one attached hydrogen (secondary N) is 1. The molecule has 2 atom stereocenters. The highest BCUT2D eigenvalue weighted by Crippen LogP contribution is 2.30. The predicted octanol–water partition coefficient (Wildman–Crippen LogP) is 5.13. The molecule has 2 aromatic heterocycles. The van der Waals surface area contributed by atoms with E-state index in [2.05, 4.69) is 14.8 Å². The molecule has 0 aliphatic carbocycles. The van der Waals surface area contributed by atoms with Crippen LogP contribution in [0.25, 0.3) is 11.3 Å². The zero-order valence-corrected chi connectivity index (χ0v) is 22.8. The molecule has 11 heteroatoms. The summed E-state index contributed by atoms with van der Waals surface area (Å²) in [6, 6.07) is 19.8. The van der Waals surface area contributed by atoms with Gasteiger partial charge in [-0.25, -0.2) is 22.8 Å². The van der Waals surface area contributed by atoms with E-state index in [1.807, 2.05) is 86.6 Å². The number of sulfonamides is 1. The van der Waals surface area contributed by atoms with E-state index >= 15 is 0 Å². The Morgan fingerprint density at radius 2 is 1.56 bits per heavy atom. The fourth-order valence-corrected chi connectivity index (χ4v) is 5.47. The standard InChI is InChI=1S/C28H30F2N6O2S/c1-19(20(2)35(3)4)34-39(37,38)25-15-24(17-31-27(25)23-16-32-36(18-23)28(29)30)33-26(21-11-7-5-8-12-21)22-13-9-6-10-14-22/h5-20,28,34H,1-4H3. The summed E-state index contributed by atoms with van der Waals surface area (Å²) in [6.45, 7) is 0.780. The average molecular weight is 553 g/mol. The number of halogens is 2. The van der Waals surface area contributed by atoms with E-state index in [0.717, 1.165) is 17.3 Å². The third kappa shape index (κ3) is 6.62. The minimum Gasteiger partial charge on any atom is -0.305 e. The smallest absolute Gasteiger partial charge is 0.305 e. The van der Waals surface area contributed by atoms with Crippen LogP contribution in [-0.4, -0.2) is 60.0 Å². The Kier molecular flexibility index (Phi) is 8.63. The highest BCUT2D eigenvalue weighted by atomic mass is 32.2. The molecule has 2 aromatic carbocycles. The maximum Gasteiger partial charge on any atom is 0.333 e. The molecule has 4 aromatic rings. The molecule has 0 amide bonds. The minimum atomic E-state index is -4.15. The first-order valence-corrected chi connectivity index (χ1v) is 13.8. The summed E-state index contributed by atoms with van der Waals surface area (Å²) in [5.74, 6) is 0. The van der Waals surface area contributed by atoms with Gasteiger partial charge < -0.3 is 4.90 Å². The topological polar surface area (TPSA) is 92.5 Å². The second-order valence-corrected chi connectivity index (χ2v) is 11.0. The Bertz CT molecular complexity index is 1500. The third-order valence-corrected chi connectivity index (χ3v) is 7.99. The molecule has 0 saturated carbocycles. The molecule has 0 fully saturated rings. The number of aliphatic imine (C=N–C) groups is 1. The summed E-state index contributed by atoms with van der Waals surface area (Å²) < 4.78 is 57.0. The normalized spacial score (nSPS) is 13.4. The van der Waals surface area contributed by atoms with Crippen molar-refractivity contribution in [2.24, 2.45) is 4.99 Å². The van der Waals surface area contributed by atoms with Crippen molar-refractivity contribution in [3.63, 3.8) is 0 Å². The fourth-order valence-electron chi connectivity index (χ4n) is 3.95. The number of aromatic nitrogens is 3. The molecule has 2 heterocycles. The molecule has 0 spiro atoms. The zero-order chi connectivity index (χ0) is 28.2. The van der Waals surface area contributed by atoms with Crippen LogP contribution in [0.15, 0.2) is 95.2 Å². The molecule has 204 valence electrons. The van der Waals surface area contributed by atoms with Gasteiger partial charge in [-0.2, -0.15) is 13.9 Å². The maximum atomic E-state index is 13.7.